The molecule has 4 nitrogen and oxygen atoms in total. The molecule has 0 unspecified atom stereocenters. The molecule has 2 aromatic heterocycles. The third-order valence-corrected chi connectivity index (χ3v) is 7.02. The lowest BCUT2D eigenvalue weighted by atomic mass is 9.98. The molecule has 0 N–H and O–H groups in total. The molecule has 5 rings (SSSR count). The fourth-order valence-corrected chi connectivity index (χ4v) is 5.27. The van der Waals surface area contributed by atoms with Gasteiger partial charge in [-0.05, 0) is 49.2 Å². The molecule has 158 valence electrons. The Morgan fingerprint density at radius 1 is 1.13 bits per heavy atom. The second kappa shape index (κ2) is 8.63. The Hall–Kier alpha value is -2.99. The molecule has 0 radical (unpaired) electrons. The van der Waals surface area contributed by atoms with Crippen molar-refractivity contribution in [3.8, 4) is 11.3 Å². The van der Waals surface area contributed by atoms with Gasteiger partial charge in [0.25, 0.3) is 0 Å². The average Bonchev–Trinajstić information content (AvgIpc) is 3.45. The molecule has 0 aliphatic carbocycles. The molecular weight excluding hydrogens is 411 g/mol. The summed E-state index contributed by atoms with van der Waals surface area (Å²) >= 11 is 1.73. The number of hydrogen-bond acceptors (Lipinski definition) is 4. The first-order valence-corrected chi connectivity index (χ1v) is 11.5. The van der Waals surface area contributed by atoms with Crippen LogP contribution in [-0.2, 0) is 11.2 Å². The van der Waals surface area contributed by atoms with Crippen LogP contribution in [0.2, 0.25) is 0 Å². The van der Waals surface area contributed by atoms with Crippen LogP contribution in [0.3, 0.4) is 0 Å². The van der Waals surface area contributed by atoms with Gasteiger partial charge in [0.15, 0.2) is 0 Å². The monoisotopic (exact) mass is 434 g/mol. The van der Waals surface area contributed by atoms with E-state index in [1.54, 1.807) is 35.6 Å². The number of carbonyl (C=O) groups is 1. The summed E-state index contributed by atoms with van der Waals surface area (Å²) in [6.07, 6.45) is 2.95. The molecule has 1 fully saturated rings. The zero-order chi connectivity index (χ0) is 21.2. The van der Waals surface area contributed by atoms with Crippen LogP contribution in [0.4, 0.5) is 4.39 Å². The van der Waals surface area contributed by atoms with Gasteiger partial charge in [-0.3, -0.25) is 4.79 Å². The molecule has 0 bridgehead atoms. The van der Waals surface area contributed by atoms with Gasteiger partial charge in [-0.25, -0.2) is 9.37 Å². The second-order valence-electron chi connectivity index (χ2n) is 7.94. The summed E-state index contributed by atoms with van der Waals surface area (Å²) in [4.78, 5) is 19.6. The van der Waals surface area contributed by atoms with Crippen molar-refractivity contribution >= 4 is 27.5 Å². The molecule has 1 amide bonds. The summed E-state index contributed by atoms with van der Waals surface area (Å²) < 4.78 is 21.0. The van der Waals surface area contributed by atoms with E-state index in [1.165, 1.54) is 10.8 Å². The van der Waals surface area contributed by atoms with Crippen LogP contribution in [-0.4, -0.2) is 28.9 Å². The maximum atomic E-state index is 14.0. The molecule has 4 aromatic rings. The lowest BCUT2D eigenvalue weighted by Crippen LogP contribution is -2.39. The van der Waals surface area contributed by atoms with Gasteiger partial charge in [0.05, 0.1) is 20.8 Å². The Kier molecular flexibility index (Phi) is 5.55. The first kappa shape index (κ1) is 19.9. The SMILES string of the molecule is O=C(CCc1ccc(-c2ccccc2F)o1)N1CCC[C@@H](c2nc3ccccc3s2)C1. The molecule has 31 heavy (non-hydrogen) atoms. The molecule has 1 aliphatic rings. The summed E-state index contributed by atoms with van der Waals surface area (Å²) in [6.45, 7) is 1.51. The van der Waals surface area contributed by atoms with E-state index in [0.717, 1.165) is 36.5 Å². The van der Waals surface area contributed by atoms with Crippen molar-refractivity contribution in [3.05, 3.63) is 77.2 Å². The van der Waals surface area contributed by atoms with E-state index < -0.39 is 0 Å². The minimum atomic E-state index is -0.311. The van der Waals surface area contributed by atoms with Crippen LogP contribution in [0, 0.1) is 5.82 Å². The molecule has 0 spiro atoms. The van der Waals surface area contributed by atoms with Gasteiger partial charge in [-0.1, -0.05) is 24.3 Å². The van der Waals surface area contributed by atoms with Crippen LogP contribution in [0.5, 0.6) is 0 Å². The summed E-state index contributed by atoms with van der Waals surface area (Å²) in [6, 6.07) is 18.3. The van der Waals surface area contributed by atoms with E-state index in [9.17, 15) is 9.18 Å². The smallest absolute Gasteiger partial charge is 0.223 e. The van der Waals surface area contributed by atoms with Crippen LogP contribution in [0.25, 0.3) is 21.5 Å². The molecular formula is C25H23FN2O2S. The second-order valence-corrected chi connectivity index (χ2v) is 9.01. The maximum absolute atomic E-state index is 14.0. The number of para-hydroxylation sites is 1. The van der Waals surface area contributed by atoms with Gasteiger partial charge in [0.2, 0.25) is 5.91 Å². The number of halogens is 1. The van der Waals surface area contributed by atoms with E-state index in [2.05, 4.69) is 6.07 Å². The number of nitrogens with zero attached hydrogens (tertiary/aromatic N) is 2. The van der Waals surface area contributed by atoms with E-state index in [0.29, 0.717) is 35.8 Å². The fourth-order valence-electron chi connectivity index (χ4n) is 4.18. The number of benzene rings is 2. The van der Waals surface area contributed by atoms with Crippen LogP contribution < -0.4 is 0 Å². The number of aryl methyl sites for hydroxylation is 1. The Morgan fingerprint density at radius 3 is 2.84 bits per heavy atom. The summed E-state index contributed by atoms with van der Waals surface area (Å²) in [5.74, 6) is 1.32. The number of rotatable bonds is 5. The fraction of sp³-hybridized carbons (Fsp3) is 0.280. The zero-order valence-corrected chi connectivity index (χ0v) is 17.9. The van der Waals surface area contributed by atoms with Gasteiger partial charge < -0.3 is 9.32 Å². The third-order valence-electron chi connectivity index (χ3n) is 5.82. The van der Waals surface area contributed by atoms with E-state index in [-0.39, 0.29) is 11.7 Å². The highest BCUT2D eigenvalue weighted by Gasteiger charge is 2.27. The van der Waals surface area contributed by atoms with E-state index >= 15 is 0 Å². The Labute approximate surface area is 184 Å². The lowest BCUT2D eigenvalue weighted by Gasteiger charge is -2.31. The van der Waals surface area contributed by atoms with Gasteiger partial charge in [0.1, 0.15) is 17.3 Å². The highest BCUT2D eigenvalue weighted by molar-refractivity contribution is 7.18. The average molecular weight is 435 g/mol. The molecule has 3 heterocycles. The number of thiazole rings is 1. The van der Waals surface area contributed by atoms with Gasteiger partial charge >= 0.3 is 0 Å². The number of fused-ring (bicyclic) bond motifs is 1. The summed E-state index contributed by atoms with van der Waals surface area (Å²) in [5, 5.41) is 1.12. The first-order chi connectivity index (χ1) is 15.2. The van der Waals surface area contributed by atoms with Crippen LogP contribution >= 0.6 is 11.3 Å². The predicted octanol–water partition coefficient (Wildman–Crippen LogP) is 6.03. The number of aromatic nitrogens is 1. The van der Waals surface area contributed by atoms with E-state index in [1.807, 2.05) is 29.2 Å². The number of likely N-dealkylation sites (tertiary alicyclic amines) is 1. The molecule has 1 atom stereocenters. The van der Waals surface area contributed by atoms with Crippen molar-refractivity contribution < 1.29 is 13.6 Å². The molecule has 0 saturated carbocycles. The minimum absolute atomic E-state index is 0.134. The normalized spacial score (nSPS) is 16.7. The molecule has 6 heteroatoms. The van der Waals surface area contributed by atoms with Crippen molar-refractivity contribution in [2.75, 3.05) is 13.1 Å². The Bertz CT molecular complexity index is 1180. The molecule has 2 aromatic carbocycles. The predicted molar refractivity (Wildman–Crippen MR) is 121 cm³/mol. The molecule has 1 saturated heterocycles. The maximum Gasteiger partial charge on any atom is 0.223 e. The van der Waals surface area contributed by atoms with Gasteiger partial charge in [-0.15, -0.1) is 11.3 Å². The summed E-state index contributed by atoms with van der Waals surface area (Å²) in [7, 11) is 0. The zero-order valence-electron chi connectivity index (χ0n) is 17.1. The van der Waals surface area contributed by atoms with Gasteiger partial charge in [0, 0.05) is 31.8 Å². The van der Waals surface area contributed by atoms with Gasteiger partial charge in [-0.2, -0.15) is 0 Å². The lowest BCUT2D eigenvalue weighted by molar-refractivity contribution is -0.132. The van der Waals surface area contributed by atoms with Crippen molar-refractivity contribution in [1.29, 1.82) is 0 Å². The first-order valence-electron chi connectivity index (χ1n) is 10.6. The minimum Gasteiger partial charge on any atom is -0.461 e. The molecule has 1 aliphatic heterocycles. The standard InChI is InChI=1S/C25H23FN2O2S/c26-20-8-2-1-7-19(20)22-13-11-18(30-22)12-14-24(29)28-15-5-6-17(16-28)25-27-21-9-3-4-10-23(21)31-25/h1-4,7-11,13,17H,5-6,12,14-16H2/t17-/m1/s1. The van der Waals surface area contributed by atoms with Crippen molar-refractivity contribution in [3.63, 3.8) is 0 Å². The van der Waals surface area contributed by atoms with Crippen molar-refractivity contribution in [2.24, 2.45) is 0 Å². The number of piperidine rings is 1. The van der Waals surface area contributed by atoms with Crippen LogP contribution in [0.1, 0.15) is 35.9 Å². The number of carbonyl (C=O) groups excluding carboxylic acids is 1. The third kappa shape index (κ3) is 4.26. The number of furan rings is 1. The Balaban J connectivity index is 1.21. The van der Waals surface area contributed by atoms with E-state index in [4.69, 9.17) is 9.40 Å². The summed E-state index contributed by atoms with van der Waals surface area (Å²) in [5.41, 5.74) is 1.48. The highest BCUT2D eigenvalue weighted by atomic mass is 32.1. The Morgan fingerprint density at radius 2 is 1.97 bits per heavy atom. The van der Waals surface area contributed by atoms with Crippen molar-refractivity contribution in [1.82, 2.24) is 9.88 Å². The number of amides is 1. The quantitative estimate of drug-likeness (QED) is 0.385. The van der Waals surface area contributed by atoms with Crippen LogP contribution in [0.15, 0.2) is 65.1 Å². The topological polar surface area (TPSA) is 46.3 Å². The largest absolute Gasteiger partial charge is 0.461 e. The van der Waals surface area contributed by atoms with Crippen molar-refractivity contribution in [2.45, 2.75) is 31.6 Å². The number of hydrogen-bond donors (Lipinski definition) is 0. The highest BCUT2D eigenvalue weighted by Crippen LogP contribution is 2.33.